The molecule has 15 heavy (non-hydrogen) atoms. The maximum atomic E-state index is 4.25. The van der Waals surface area contributed by atoms with Crippen molar-refractivity contribution in [1.29, 1.82) is 0 Å². The second-order valence-electron chi connectivity index (χ2n) is 5.15. The Kier molecular flexibility index (Phi) is 4.30. The van der Waals surface area contributed by atoms with Crippen LogP contribution < -0.4 is 0 Å². The first-order valence-corrected chi connectivity index (χ1v) is 10.6. The predicted molar refractivity (Wildman–Crippen MR) is 75.4 cm³/mol. The van der Waals surface area contributed by atoms with Gasteiger partial charge in [-0.2, -0.15) is 0 Å². The zero-order valence-corrected chi connectivity index (χ0v) is 12.1. The fraction of sp³-hybridized carbons (Fsp3) is 0.846. The van der Waals surface area contributed by atoms with Gasteiger partial charge in [0, 0.05) is 0 Å². The number of hydrogen-bond donors (Lipinski definition) is 0. The quantitative estimate of drug-likeness (QED) is 0.370. The highest BCUT2D eigenvalue weighted by Gasteiger charge is 2.54. The Morgan fingerprint density at radius 1 is 1.13 bits per heavy atom. The standard InChI is InChI=1S/C13H23BrP/c1-2-3-4-11-15(14)12-7-5-8-13(15)10-6-9-12/h2,12-13H,1,3-11H2/q+1. The fourth-order valence-corrected chi connectivity index (χ4v) is 11.1. The van der Waals surface area contributed by atoms with Crippen LogP contribution in [-0.2, 0) is 0 Å². The van der Waals surface area contributed by atoms with E-state index in [4.69, 9.17) is 0 Å². The molecule has 0 atom stereocenters. The van der Waals surface area contributed by atoms with Gasteiger partial charge in [-0.05, 0) is 51.4 Å². The van der Waals surface area contributed by atoms with Crippen LogP contribution in [0.3, 0.4) is 0 Å². The lowest BCUT2D eigenvalue weighted by atomic mass is 9.99. The van der Waals surface area contributed by atoms with Crippen LogP contribution in [0.4, 0.5) is 0 Å². The first-order valence-electron chi connectivity index (χ1n) is 6.45. The molecule has 2 heteroatoms. The molecule has 2 aliphatic heterocycles. The normalized spacial score (nSPS) is 40.1. The molecule has 2 saturated heterocycles. The molecule has 0 amide bonds. The SMILES string of the molecule is C=CCCC[P+]1(Br)C2CCCC1CCC2. The van der Waals surface area contributed by atoms with E-state index in [0.29, 0.717) is 0 Å². The number of hydrogen-bond acceptors (Lipinski definition) is 0. The molecule has 2 bridgehead atoms. The Balaban J connectivity index is 1.99. The monoisotopic (exact) mass is 289 g/mol. The lowest BCUT2D eigenvalue weighted by molar-refractivity contribution is 0.472. The van der Waals surface area contributed by atoms with Gasteiger partial charge in [0.2, 0.25) is 0 Å². The Hall–Kier alpha value is 0.650. The summed E-state index contributed by atoms with van der Waals surface area (Å²) in [5.41, 5.74) is 2.16. The van der Waals surface area contributed by atoms with Crippen molar-refractivity contribution in [1.82, 2.24) is 0 Å². The van der Waals surface area contributed by atoms with Crippen molar-refractivity contribution in [2.24, 2.45) is 0 Å². The van der Waals surface area contributed by atoms with Crippen molar-refractivity contribution in [2.75, 3.05) is 6.16 Å². The van der Waals surface area contributed by atoms with E-state index in [1.165, 1.54) is 57.5 Å². The number of rotatable bonds is 4. The molecule has 2 heterocycles. The number of allylic oxidation sites excluding steroid dienone is 1. The highest BCUT2D eigenvalue weighted by atomic mass is 79.9. The first-order chi connectivity index (χ1) is 7.27. The summed E-state index contributed by atoms with van der Waals surface area (Å²) in [4.78, 5) is 0. The van der Waals surface area contributed by atoms with Crippen LogP contribution in [0.2, 0.25) is 0 Å². The van der Waals surface area contributed by atoms with Gasteiger partial charge in [0.15, 0.2) is 0 Å². The summed E-state index contributed by atoms with van der Waals surface area (Å²) in [6.07, 6.45) is 15.2. The molecule has 0 N–H and O–H groups in total. The Bertz CT molecular complexity index is 205. The van der Waals surface area contributed by atoms with Gasteiger partial charge in [-0.3, -0.25) is 0 Å². The van der Waals surface area contributed by atoms with Crippen LogP contribution in [0.5, 0.6) is 0 Å². The molecule has 86 valence electrons. The van der Waals surface area contributed by atoms with Crippen molar-refractivity contribution >= 4 is 21.5 Å². The molecule has 2 rings (SSSR count). The summed E-state index contributed by atoms with van der Waals surface area (Å²) >= 11 is 4.25. The van der Waals surface area contributed by atoms with E-state index in [0.717, 1.165) is 11.3 Å². The van der Waals surface area contributed by atoms with E-state index in [-0.39, 0.29) is 0 Å². The van der Waals surface area contributed by atoms with E-state index in [2.05, 4.69) is 28.1 Å². The van der Waals surface area contributed by atoms with E-state index >= 15 is 0 Å². The molecule has 2 fully saturated rings. The molecule has 0 unspecified atom stereocenters. The van der Waals surface area contributed by atoms with E-state index in [9.17, 15) is 0 Å². The summed E-state index contributed by atoms with van der Waals surface area (Å²) in [6, 6.07) is 0. The molecule has 0 aromatic carbocycles. The highest BCUT2D eigenvalue weighted by Crippen LogP contribution is 2.80. The molecule has 0 saturated carbocycles. The molecule has 0 aliphatic carbocycles. The summed E-state index contributed by atoms with van der Waals surface area (Å²) in [7, 11) is 0. The zero-order chi connectivity index (χ0) is 10.7. The van der Waals surface area contributed by atoms with Gasteiger partial charge in [0.05, 0.1) is 23.4 Å². The number of unbranched alkanes of at least 4 members (excludes halogenated alkanes) is 1. The third-order valence-electron chi connectivity index (χ3n) is 4.27. The van der Waals surface area contributed by atoms with Gasteiger partial charge in [-0.1, -0.05) is 6.08 Å². The molecule has 0 spiro atoms. The van der Waals surface area contributed by atoms with Crippen LogP contribution in [0.1, 0.15) is 51.4 Å². The minimum absolute atomic E-state index is 0.743. The highest BCUT2D eigenvalue weighted by molar-refractivity contribution is 9.42. The van der Waals surface area contributed by atoms with Crippen LogP contribution >= 0.6 is 21.5 Å². The van der Waals surface area contributed by atoms with Gasteiger partial charge < -0.3 is 0 Å². The molecule has 0 nitrogen and oxygen atoms in total. The predicted octanol–water partition coefficient (Wildman–Crippen LogP) is 5.39. The summed E-state index contributed by atoms with van der Waals surface area (Å²) < 4.78 is 0. The minimum Gasteiger partial charge on any atom is -0.103 e. The summed E-state index contributed by atoms with van der Waals surface area (Å²) in [5, 5.41) is 0. The topological polar surface area (TPSA) is 0 Å². The second-order valence-corrected chi connectivity index (χ2v) is 12.7. The van der Waals surface area contributed by atoms with Gasteiger partial charge in [0.25, 0.3) is 0 Å². The van der Waals surface area contributed by atoms with Gasteiger partial charge in [0.1, 0.15) is 15.5 Å². The molecule has 0 aromatic rings. The maximum absolute atomic E-state index is 4.25. The fourth-order valence-electron chi connectivity index (χ4n) is 3.47. The Morgan fingerprint density at radius 3 is 2.13 bits per heavy atom. The number of fused-ring (bicyclic) bond motifs is 2. The van der Waals surface area contributed by atoms with Crippen molar-refractivity contribution in [3.05, 3.63) is 12.7 Å². The van der Waals surface area contributed by atoms with Crippen LogP contribution in [0.15, 0.2) is 12.7 Å². The van der Waals surface area contributed by atoms with Crippen LogP contribution in [-0.4, -0.2) is 17.5 Å². The van der Waals surface area contributed by atoms with Crippen LogP contribution in [0, 0.1) is 0 Å². The minimum atomic E-state index is -0.743. The van der Waals surface area contributed by atoms with Crippen LogP contribution in [0.25, 0.3) is 0 Å². The Labute approximate surface area is 103 Å². The Morgan fingerprint density at radius 2 is 1.67 bits per heavy atom. The van der Waals surface area contributed by atoms with Crippen molar-refractivity contribution < 1.29 is 0 Å². The van der Waals surface area contributed by atoms with E-state index in [1.807, 2.05) is 0 Å². The van der Waals surface area contributed by atoms with E-state index in [1.54, 1.807) is 0 Å². The second kappa shape index (κ2) is 5.32. The molecule has 0 radical (unpaired) electrons. The average molecular weight is 290 g/mol. The lowest BCUT2D eigenvalue weighted by Gasteiger charge is -2.43. The number of halogens is 1. The van der Waals surface area contributed by atoms with Crippen molar-refractivity contribution in [3.63, 3.8) is 0 Å². The average Bonchev–Trinajstić information content (AvgIpc) is 2.17. The molecular formula is C13H23BrP+. The van der Waals surface area contributed by atoms with Crippen molar-refractivity contribution in [2.45, 2.75) is 62.7 Å². The molecule has 0 aromatic heterocycles. The first kappa shape index (κ1) is 12.1. The van der Waals surface area contributed by atoms with Gasteiger partial charge in [-0.25, -0.2) is 0 Å². The third kappa shape index (κ3) is 2.50. The smallest absolute Gasteiger partial charge is 0.103 e. The zero-order valence-electron chi connectivity index (χ0n) is 9.63. The molecular weight excluding hydrogens is 267 g/mol. The van der Waals surface area contributed by atoms with Crippen molar-refractivity contribution in [3.8, 4) is 0 Å². The third-order valence-corrected chi connectivity index (χ3v) is 13.3. The van der Waals surface area contributed by atoms with E-state index < -0.39 is 5.96 Å². The summed E-state index contributed by atoms with van der Waals surface area (Å²) in [6.45, 7) is 3.84. The largest absolute Gasteiger partial charge is 0.139 e. The summed E-state index contributed by atoms with van der Waals surface area (Å²) in [5.74, 6) is -0.743. The van der Waals surface area contributed by atoms with Gasteiger partial charge in [-0.15, -0.1) is 6.58 Å². The maximum Gasteiger partial charge on any atom is 0.139 e. The van der Waals surface area contributed by atoms with Gasteiger partial charge >= 0.3 is 0 Å². The lowest BCUT2D eigenvalue weighted by Crippen LogP contribution is -2.31. The molecule has 2 aliphatic rings.